The first-order valence-electron chi connectivity index (χ1n) is 6.34. The maximum atomic E-state index is 4.77. The van der Waals surface area contributed by atoms with Gasteiger partial charge < -0.3 is 5.32 Å². The minimum atomic E-state index is 0.171. The molecule has 0 atom stereocenters. The second-order valence-electron chi connectivity index (χ2n) is 6.57. The Morgan fingerprint density at radius 3 is 2.35 bits per heavy atom. The molecule has 0 aliphatic rings. The predicted octanol–water partition coefficient (Wildman–Crippen LogP) is 3.62. The number of rotatable bonds is 5. The monoisotopic (exact) mass is 254 g/mol. The average Bonchev–Trinajstić information content (AvgIpc) is 2.62. The molecule has 2 nitrogen and oxygen atoms in total. The molecule has 0 radical (unpaired) electrons. The summed E-state index contributed by atoms with van der Waals surface area (Å²) in [6, 6.07) is 0. The molecule has 0 bridgehead atoms. The van der Waals surface area contributed by atoms with E-state index in [9.17, 15) is 0 Å². The first-order chi connectivity index (χ1) is 7.74. The third kappa shape index (κ3) is 4.76. The van der Waals surface area contributed by atoms with Gasteiger partial charge in [0.2, 0.25) is 0 Å². The molecule has 1 N–H and O–H groups in total. The molecule has 1 aromatic rings. The summed E-state index contributed by atoms with van der Waals surface area (Å²) >= 11 is 1.81. The van der Waals surface area contributed by atoms with E-state index in [0.29, 0.717) is 5.41 Å². The van der Waals surface area contributed by atoms with E-state index in [1.807, 2.05) is 7.05 Å². The van der Waals surface area contributed by atoms with Gasteiger partial charge in [-0.05, 0) is 25.4 Å². The summed E-state index contributed by atoms with van der Waals surface area (Å²) in [5.41, 5.74) is 1.72. The molecule has 1 heterocycles. The average molecular weight is 254 g/mol. The van der Waals surface area contributed by atoms with Crippen molar-refractivity contribution in [2.24, 2.45) is 5.41 Å². The molecule has 3 heteroatoms. The Kier molecular flexibility index (Phi) is 4.73. The summed E-state index contributed by atoms with van der Waals surface area (Å²) in [6.45, 7) is 12.4. The predicted molar refractivity (Wildman–Crippen MR) is 76.8 cm³/mol. The molecule has 0 fully saturated rings. The summed E-state index contributed by atoms with van der Waals surface area (Å²) in [5, 5.41) is 6.71. The molecule has 0 saturated carbocycles. The number of aromatic nitrogens is 1. The zero-order valence-corrected chi connectivity index (χ0v) is 12.9. The Morgan fingerprint density at radius 1 is 1.24 bits per heavy atom. The molecule has 17 heavy (non-hydrogen) atoms. The molecule has 0 spiro atoms. The highest BCUT2D eigenvalue weighted by Crippen LogP contribution is 2.30. The maximum Gasteiger partial charge on any atom is 0.0933 e. The van der Waals surface area contributed by atoms with Crippen LogP contribution < -0.4 is 5.32 Å². The minimum absolute atomic E-state index is 0.171. The van der Waals surface area contributed by atoms with Crippen LogP contribution in [0, 0.1) is 5.41 Å². The highest BCUT2D eigenvalue weighted by atomic mass is 32.1. The molecule has 0 saturated heterocycles. The fraction of sp³-hybridized carbons (Fsp3) is 0.786. The fourth-order valence-electron chi connectivity index (χ4n) is 1.70. The highest BCUT2D eigenvalue weighted by molar-refractivity contribution is 7.09. The van der Waals surface area contributed by atoms with E-state index in [-0.39, 0.29) is 5.41 Å². The fourth-order valence-corrected chi connectivity index (χ4v) is 2.98. The molecule has 0 unspecified atom stereocenters. The quantitative estimate of drug-likeness (QED) is 0.868. The van der Waals surface area contributed by atoms with Crippen LogP contribution >= 0.6 is 11.3 Å². The van der Waals surface area contributed by atoms with Crippen molar-refractivity contribution >= 4 is 11.3 Å². The standard InChI is InChI=1S/C14H26N2S/c1-13(2,3)11-10-17-12(16-11)9-14(4,5)7-8-15-6/h10,15H,7-9H2,1-6H3. The van der Waals surface area contributed by atoms with Crippen molar-refractivity contribution in [2.75, 3.05) is 13.6 Å². The second-order valence-corrected chi connectivity index (χ2v) is 7.51. The second kappa shape index (κ2) is 5.49. The van der Waals surface area contributed by atoms with Gasteiger partial charge in [0.15, 0.2) is 0 Å². The van der Waals surface area contributed by atoms with Crippen LogP contribution in [0.2, 0.25) is 0 Å². The van der Waals surface area contributed by atoms with Crippen LogP contribution in [0.5, 0.6) is 0 Å². The van der Waals surface area contributed by atoms with E-state index < -0.39 is 0 Å². The molecular weight excluding hydrogens is 228 g/mol. The largest absolute Gasteiger partial charge is 0.320 e. The molecule has 98 valence electrons. The van der Waals surface area contributed by atoms with Crippen LogP contribution in [-0.2, 0) is 11.8 Å². The SMILES string of the molecule is CNCCC(C)(C)Cc1nc(C(C)(C)C)cs1. The van der Waals surface area contributed by atoms with E-state index in [0.717, 1.165) is 13.0 Å². The van der Waals surface area contributed by atoms with Crippen molar-refractivity contribution in [1.29, 1.82) is 0 Å². The van der Waals surface area contributed by atoms with Gasteiger partial charge in [-0.15, -0.1) is 11.3 Å². The van der Waals surface area contributed by atoms with Crippen molar-refractivity contribution in [2.45, 2.75) is 52.9 Å². The lowest BCUT2D eigenvalue weighted by atomic mass is 9.86. The van der Waals surface area contributed by atoms with E-state index in [4.69, 9.17) is 4.98 Å². The highest BCUT2D eigenvalue weighted by Gasteiger charge is 2.22. The van der Waals surface area contributed by atoms with Crippen LogP contribution in [0.3, 0.4) is 0 Å². The first kappa shape index (κ1) is 14.7. The van der Waals surface area contributed by atoms with Gasteiger partial charge in [0, 0.05) is 17.2 Å². The van der Waals surface area contributed by atoms with E-state index >= 15 is 0 Å². The van der Waals surface area contributed by atoms with Crippen molar-refractivity contribution in [3.05, 3.63) is 16.1 Å². The maximum absolute atomic E-state index is 4.77. The third-order valence-corrected chi connectivity index (χ3v) is 3.85. The Bertz CT molecular complexity index is 347. The van der Waals surface area contributed by atoms with E-state index in [1.165, 1.54) is 17.1 Å². The lowest BCUT2D eigenvalue weighted by Gasteiger charge is -2.23. The lowest BCUT2D eigenvalue weighted by Crippen LogP contribution is -2.22. The van der Waals surface area contributed by atoms with Gasteiger partial charge in [0.05, 0.1) is 10.7 Å². The van der Waals surface area contributed by atoms with Gasteiger partial charge in [-0.1, -0.05) is 34.6 Å². The van der Waals surface area contributed by atoms with Gasteiger partial charge >= 0.3 is 0 Å². The van der Waals surface area contributed by atoms with Gasteiger partial charge in [-0.25, -0.2) is 4.98 Å². The van der Waals surface area contributed by atoms with Crippen molar-refractivity contribution in [3.63, 3.8) is 0 Å². The Balaban J connectivity index is 2.66. The molecular formula is C14H26N2S. The number of nitrogens with one attached hydrogen (secondary N) is 1. The van der Waals surface area contributed by atoms with Gasteiger partial charge in [0.25, 0.3) is 0 Å². The number of hydrogen-bond donors (Lipinski definition) is 1. The van der Waals surface area contributed by atoms with Crippen LogP contribution in [-0.4, -0.2) is 18.6 Å². The minimum Gasteiger partial charge on any atom is -0.320 e. The molecule has 0 aliphatic carbocycles. The first-order valence-corrected chi connectivity index (χ1v) is 7.22. The summed E-state index contributed by atoms with van der Waals surface area (Å²) in [4.78, 5) is 4.77. The van der Waals surface area contributed by atoms with Crippen LogP contribution in [0.1, 0.15) is 51.7 Å². The summed E-state index contributed by atoms with van der Waals surface area (Å²) in [6.07, 6.45) is 2.27. The van der Waals surface area contributed by atoms with E-state index in [2.05, 4.69) is 45.3 Å². The Morgan fingerprint density at radius 2 is 1.88 bits per heavy atom. The number of nitrogens with zero attached hydrogens (tertiary/aromatic N) is 1. The number of hydrogen-bond acceptors (Lipinski definition) is 3. The van der Waals surface area contributed by atoms with Crippen molar-refractivity contribution < 1.29 is 0 Å². The molecule has 0 aromatic carbocycles. The summed E-state index contributed by atoms with van der Waals surface area (Å²) in [5.74, 6) is 0. The number of thiazole rings is 1. The molecule has 1 aromatic heterocycles. The van der Waals surface area contributed by atoms with Gasteiger partial charge in [-0.3, -0.25) is 0 Å². The molecule has 1 rings (SSSR count). The third-order valence-electron chi connectivity index (χ3n) is 3.00. The molecule has 0 aliphatic heterocycles. The Labute approximate surface area is 110 Å². The van der Waals surface area contributed by atoms with Crippen molar-refractivity contribution in [3.8, 4) is 0 Å². The summed E-state index contributed by atoms with van der Waals surface area (Å²) < 4.78 is 0. The van der Waals surface area contributed by atoms with Gasteiger partial charge in [-0.2, -0.15) is 0 Å². The zero-order chi connectivity index (χ0) is 13.1. The smallest absolute Gasteiger partial charge is 0.0933 e. The summed E-state index contributed by atoms with van der Waals surface area (Å²) in [7, 11) is 2.01. The Hall–Kier alpha value is -0.410. The van der Waals surface area contributed by atoms with Crippen LogP contribution in [0.25, 0.3) is 0 Å². The normalized spacial score (nSPS) is 13.1. The van der Waals surface area contributed by atoms with E-state index in [1.54, 1.807) is 11.3 Å². The van der Waals surface area contributed by atoms with Crippen LogP contribution in [0.15, 0.2) is 5.38 Å². The molecule has 0 amide bonds. The lowest BCUT2D eigenvalue weighted by molar-refractivity contribution is 0.328. The van der Waals surface area contributed by atoms with Gasteiger partial charge in [0.1, 0.15) is 0 Å². The zero-order valence-electron chi connectivity index (χ0n) is 12.1. The van der Waals surface area contributed by atoms with Crippen molar-refractivity contribution in [1.82, 2.24) is 10.3 Å². The van der Waals surface area contributed by atoms with Crippen LogP contribution in [0.4, 0.5) is 0 Å². The topological polar surface area (TPSA) is 24.9 Å².